The summed E-state index contributed by atoms with van der Waals surface area (Å²) in [6, 6.07) is 5.85. The molecule has 0 atom stereocenters. The number of rotatable bonds is 2. The number of aromatic nitrogens is 2. The topological polar surface area (TPSA) is 37.8 Å². The Labute approximate surface area is 99.6 Å². The fraction of sp³-hybridized carbons (Fsp3) is 0.333. The van der Waals surface area contributed by atoms with Crippen molar-refractivity contribution in [3.63, 3.8) is 0 Å². The van der Waals surface area contributed by atoms with Crippen molar-refractivity contribution in [3.05, 3.63) is 29.8 Å². The molecule has 0 aliphatic carbocycles. The molecule has 0 saturated heterocycles. The molecule has 0 radical (unpaired) electrons. The Hall–Kier alpha value is -1.42. The van der Waals surface area contributed by atoms with E-state index in [-0.39, 0.29) is 5.54 Å². The molecular weight excluding hydrogens is 218 g/mol. The fourth-order valence-electron chi connectivity index (χ4n) is 1.28. The third-order valence-corrected chi connectivity index (χ3v) is 2.67. The van der Waals surface area contributed by atoms with E-state index < -0.39 is 0 Å². The lowest BCUT2D eigenvalue weighted by Gasteiger charge is -2.19. The molecule has 0 aliphatic rings. The number of anilines is 1. The van der Waals surface area contributed by atoms with Gasteiger partial charge >= 0.3 is 0 Å². The summed E-state index contributed by atoms with van der Waals surface area (Å²) in [5, 5.41) is 6.31. The van der Waals surface area contributed by atoms with Gasteiger partial charge in [-0.25, -0.2) is 4.98 Å². The number of hydrogen-bond acceptors (Lipinski definition) is 4. The molecule has 2 rings (SSSR count). The summed E-state index contributed by atoms with van der Waals surface area (Å²) in [7, 11) is 0. The van der Waals surface area contributed by atoms with Gasteiger partial charge in [-0.2, -0.15) is 0 Å². The van der Waals surface area contributed by atoms with Crippen molar-refractivity contribution in [2.45, 2.75) is 26.3 Å². The second-order valence-corrected chi connectivity index (χ2v) is 5.49. The number of nitrogens with one attached hydrogen (secondary N) is 1. The Morgan fingerprint density at radius 2 is 2.00 bits per heavy atom. The van der Waals surface area contributed by atoms with E-state index in [4.69, 9.17) is 0 Å². The highest BCUT2D eigenvalue weighted by atomic mass is 32.1. The van der Waals surface area contributed by atoms with Crippen molar-refractivity contribution in [2.75, 3.05) is 5.32 Å². The van der Waals surface area contributed by atoms with E-state index in [1.807, 2.05) is 23.6 Å². The SMILES string of the molecule is CC(C)(C)Nc1nc(-c2ccccn2)cs1. The molecular formula is C12H15N3S. The van der Waals surface area contributed by atoms with Crippen molar-refractivity contribution in [2.24, 2.45) is 0 Å². The van der Waals surface area contributed by atoms with E-state index in [0.29, 0.717) is 0 Å². The molecule has 0 amide bonds. The molecule has 0 bridgehead atoms. The van der Waals surface area contributed by atoms with Crippen LogP contribution in [0.5, 0.6) is 0 Å². The first-order valence-electron chi connectivity index (χ1n) is 5.20. The molecule has 0 aliphatic heterocycles. The summed E-state index contributed by atoms with van der Waals surface area (Å²) in [4.78, 5) is 8.79. The molecule has 0 aromatic carbocycles. The Balaban J connectivity index is 2.21. The molecule has 0 fully saturated rings. The monoisotopic (exact) mass is 233 g/mol. The molecule has 84 valence electrons. The first-order chi connectivity index (χ1) is 7.54. The molecule has 2 aromatic heterocycles. The van der Waals surface area contributed by atoms with Crippen LogP contribution in [0.2, 0.25) is 0 Å². The van der Waals surface area contributed by atoms with Crippen LogP contribution in [0, 0.1) is 0 Å². The quantitative estimate of drug-likeness (QED) is 0.863. The average molecular weight is 233 g/mol. The van der Waals surface area contributed by atoms with Crippen LogP contribution >= 0.6 is 11.3 Å². The van der Waals surface area contributed by atoms with Gasteiger partial charge in [0.05, 0.1) is 5.69 Å². The zero-order valence-electron chi connectivity index (χ0n) is 9.69. The lowest BCUT2D eigenvalue weighted by atomic mass is 10.1. The smallest absolute Gasteiger partial charge is 0.183 e. The Morgan fingerprint density at radius 3 is 2.62 bits per heavy atom. The van der Waals surface area contributed by atoms with Crippen molar-refractivity contribution in [1.82, 2.24) is 9.97 Å². The van der Waals surface area contributed by atoms with Gasteiger partial charge < -0.3 is 5.32 Å². The summed E-state index contributed by atoms with van der Waals surface area (Å²) in [6.07, 6.45) is 1.78. The van der Waals surface area contributed by atoms with E-state index in [2.05, 4.69) is 36.1 Å². The first kappa shape index (κ1) is 11.1. The van der Waals surface area contributed by atoms with Crippen molar-refractivity contribution in [3.8, 4) is 11.4 Å². The van der Waals surface area contributed by atoms with Gasteiger partial charge in [0.25, 0.3) is 0 Å². The number of hydrogen-bond donors (Lipinski definition) is 1. The van der Waals surface area contributed by atoms with E-state index in [0.717, 1.165) is 16.5 Å². The van der Waals surface area contributed by atoms with Crippen LogP contribution in [0.15, 0.2) is 29.8 Å². The van der Waals surface area contributed by atoms with Gasteiger partial charge in [0.1, 0.15) is 5.69 Å². The standard InChI is InChI=1S/C12H15N3S/c1-12(2,3)15-11-14-10(8-16-11)9-6-4-5-7-13-9/h4-8H,1-3H3,(H,14,15). The molecule has 2 heterocycles. The molecule has 0 saturated carbocycles. The normalized spacial score (nSPS) is 11.4. The van der Waals surface area contributed by atoms with E-state index in [9.17, 15) is 0 Å². The summed E-state index contributed by atoms with van der Waals surface area (Å²) in [5.41, 5.74) is 1.89. The second kappa shape index (κ2) is 4.22. The van der Waals surface area contributed by atoms with Crippen LogP contribution in [0.25, 0.3) is 11.4 Å². The Morgan fingerprint density at radius 1 is 1.19 bits per heavy atom. The van der Waals surface area contributed by atoms with Gasteiger partial charge in [-0.3, -0.25) is 4.98 Å². The number of pyridine rings is 1. The minimum absolute atomic E-state index is 0.0409. The largest absolute Gasteiger partial charge is 0.357 e. The van der Waals surface area contributed by atoms with Crippen molar-refractivity contribution < 1.29 is 0 Å². The van der Waals surface area contributed by atoms with E-state index in [1.54, 1.807) is 17.5 Å². The van der Waals surface area contributed by atoms with Crippen LogP contribution in [-0.2, 0) is 0 Å². The minimum atomic E-state index is 0.0409. The number of nitrogens with zero attached hydrogens (tertiary/aromatic N) is 2. The first-order valence-corrected chi connectivity index (χ1v) is 6.08. The van der Waals surface area contributed by atoms with Gasteiger partial charge in [-0.05, 0) is 32.9 Å². The summed E-state index contributed by atoms with van der Waals surface area (Å²) < 4.78 is 0. The van der Waals surface area contributed by atoms with Crippen LogP contribution in [0.4, 0.5) is 5.13 Å². The van der Waals surface area contributed by atoms with E-state index in [1.165, 1.54) is 0 Å². The summed E-state index contributed by atoms with van der Waals surface area (Å²) in [6.45, 7) is 6.36. The second-order valence-electron chi connectivity index (χ2n) is 4.63. The maximum absolute atomic E-state index is 4.51. The van der Waals surface area contributed by atoms with E-state index >= 15 is 0 Å². The van der Waals surface area contributed by atoms with Crippen molar-refractivity contribution >= 4 is 16.5 Å². The Bertz CT molecular complexity index is 457. The molecule has 1 N–H and O–H groups in total. The van der Waals surface area contributed by atoms with Gasteiger partial charge in [0.15, 0.2) is 5.13 Å². The predicted octanol–water partition coefficient (Wildman–Crippen LogP) is 3.42. The highest BCUT2D eigenvalue weighted by Gasteiger charge is 2.12. The Kier molecular flexibility index (Phi) is 2.92. The van der Waals surface area contributed by atoms with Gasteiger partial charge in [-0.1, -0.05) is 6.07 Å². The zero-order valence-corrected chi connectivity index (χ0v) is 10.5. The van der Waals surface area contributed by atoms with Crippen LogP contribution in [0.1, 0.15) is 20.8 Å². The predicted molar refractivity (Wildman–Crippen MR) is 68.7 cm³/mol. The zero-order chi connectivity index (χ0) is 11.6. The molecule has 16 heavy (non-hydrogen) atoms. The third kappa shape index (κ3) is 2.79. The maximum Gasteiger partial charge on any atom is 0.183 e. The number of thiazole rings is 1. The highest BCUT2D eigenvalue weighted by Crippen LogP contribution is 2.25. The maximum atomic E-state index is 4.51. The van der Waals surface area contributed by atoms with Crippen LogP contribution in [0.3, 0.4) is 0 Å². The van der Waals surface area contributed by atoms with Crippen molar-refractivity contribution in [1.29, 1.82) is 0 Å². The molecule has 4 heteroatoms. The van der Waals surface area contributed by atoms with Crippen LogP contribution < -0.4 is 5.32 Å². The molecule has 0 spiro atoms. The minimum Gasteiger partial charge on any atom is -0.357 e. The average Bonchev–Trinajstić information content (AvgIpc) is 2.65. The van der Waals surface area contributed by atoms with Gasteiger partial charge in [0.2, 0.25) is 0 Å². The molecule has 0 unspecified atom stereocenters. The molecule has 3 nitrogen and oxygen atoms in total. The lowest BCUT2D eigenvalue weighted by Crippen LogP contribution is -2.25. The third-order valence-electron chi connectivity index (χ3n) is 1.91. The van der Waals surface area contributed by atoms with Gasteiger partial charge in [0, 0.05) is 17.1 Å². The summed E-state index contributed by atoms with van der Waals surface area (Å²) in [5.74, 6) is 0. The molecule has 2 aromatic rings. The fourth-order valence-corrected chi connectivity index (χ4v) is 2.20. The van der Waals surface area contributed by atoms with Gasteiger partial charge in [-0.15, -0.1) is 11.3 Å². The van der Waals surface area contributed by atoms with Crippen LogP contribution in [-0.4, -0.2) is 15.5 Å². The summed E-state index contributed by atoms with van der Waals surface area (Å²) >= 11 is 1.61. The lowest BCUT2D eigenvalue weighted by molar-refractivity contribution is 0.633. The highest BCUT2D eigenvalue weighted by molar-refractivity contribution is 7.14.